The zero-order valence-electron chi connectivity index (χ0n) is 13.0. The van der Waals surface area contributed by atoms with Crippen molar-refractivity contribution in [3.05, 3.63) is 65.5 Å². The molecule has 0 bridgehead atoms. The molecular formula is C17H14F3N3O2. The number of aromatic nitrogens is 1. The first-order valence-electron chi connectivity index (χ1n) is 7.54. The molecule has 2 heterocycles. The van der Waals surface area contributed by atoms with Gasteiger partial charge in [0.25, 0.3) is 5.91 Å². The van der Waals surface area contributed by atoms with Gasteiger partial charge in [-0.15, -0.1) is 0 Å². The molecule has 8 heteroatoms. The standard InChI is InChI=1S/C17H14F3N3O2/c18-17(19,20)13-6-2-1-5-12(13)14-15(24)22-8-9-23(14)16(25)11-4-3-7-21-10-11/h1-7,10,14H,8-9H2,(H,22,24). The van der Waals surface area contributed by atoms with E-state index in [1.54, 1.807) is 6.07 Å². The second-order valence-electron chi connectivity index (χ2n) is 5.52. The van der Waals surface area contributed by atoms with Crippen molar-refractivity contribution in [1.82, 2.24) is 15.2 Å². The van der Waals surface area contributed by atoms with Gasteiger partial charge in [0.1, 0.15) is 6.04 Å². The Kier molecular flexibility index (Phi) is 4.43. The lowest BCUT2D eigenvalue weighted by Crippen LogP contribution is -2.52. The van der Waals surface area contributed by atoms with Crippen LogP contribution in [0, 0.1) is 0 Å². The Bertz CT molecular complexity index is 793. The molecule has 5 nitrogen and oxygen atoms in total. The molecule has 1 saturated heterocycles. The molecule has 1 atom stereocenters. The minimum Gasteiger partial charge on any atom is -0.352 e. The molecule has 0 radical (unpaired) electrons. The van der Waals surface area contributed by atoms with Crippen LogP contribution in [0.5, 0.6) is 0 Å². The molecule has 0 aliphatic carbocycles. The number of nitrogens with one attached hydrogen (secondary N) is 1. The third-order valence-electron chi connectivity index (χ3n) is 3.94. The van der Waals surface area contributed by atoms with Crippen molar-refractivity contribution in [2.75, 3.05) is 13.1 Å². The maximum atomic E-state index is 13.3. The number of piperazine rings is 1. The summed E-state index contributed by atoms with van der Waals surface area (Å²) in [4.78, 5) is 30.0. The SMILES string of the molecule is O=C1NCCN(C(=O)c2cccnc2)C1c1ccccc1C(F)(F)F. The molecule has 2 aromatic rings. The Labute approximate surface area is 141 Å². The van der Waals surface area contributed by atoms with Crippen molar-refractivity contribution < 1.29 is 22.8 Å². The van der Waals surface area contributed by atoms with Gasteiger partial charge in [0.15, 0.2) is 0 Å². The van der Waals surface area contributed by atoms with Gasteiger partial charge >= 0.3 is 6.18 Å². The summed E-state index contributed by atoms with van der Waals surface area (Å²) in [7, 11) is 0. The van der Waals surface area contributed by atoms with Gasteiger partial charge in [-0.05, 0) is 23.8 Å². The van der Waals surface area contributed by atoms with E-state index in [2.05, 4.69) is 10.3 Å². The van der Waals surface area contributed by atoms with Gasteiger partial charge in [-0.2, -0.15) is 13.2 Å². The summed E-state index contributed by atoms with van der Waals surface area (Å²) in [5.41, 5.74) is -0.961. The molecular weight excluding hydrogens is 335 g/mol. The minimum atomic E-state index is -4.63. The average molecular weight is 349 g/mol. The molecule has 1 unspecified atom stereocenters. The summed E-state index contributed by atoms with van der Waals surface area (Å²) in [6.45, 7) is 0.284. The third kappa shape index (κ3) is 3.33. The van der Waals surface area contributed by atoms with Crippen LogP contribution in [0.3, 0.4) is 0 Å². The van der Waals surface area contributed by atoms with Crippen LogP contribution in [0.4, 0.5) is 13.2 Å². The van der Waals surface area contributed by atoms with Gasteiger partial charge in [0.2, 0.25) is 5.91 Å². The zero-order chi connectivity index (χ0) is 18.0. The van der Waals surface area contributed by atoms with Crippen LogP contribution >= 0.6 is 0 Å². The lowest BCUT2D eigenvalue weighted by Gasteiger charge is -2.36. The van der Waals surface area contributed by atoms with Crippen molar-refractivity contribution in [2.45, 2.75) is 12.2 Å². The number of rotatable bonds is 2. The number of carbonyl (C=O) groups excluding carboxylic acids is 2. The van der Waals surface area contributed by atoms with E-state index in [1.807, 2.05) is 0 Å². The number of hydrogen-bond donors (Lipinski definition) is 1. The molecule has 130 valence electrons. The summed E-state index contributed by atoms with van der Waals surface area (Å²) >= 11 is 0. The van der Waals surface area contributed by atoms with Gasteiger partial charge < -0.3 is 10.2 Å². The monoisotopic (exact) mass is 349 g/mol. The normalized spacial score (nSPS) is 18.0. The lowest BCUT2D eigenvalue weighted by atomic mass is 9.96. The first-order valence-corrected chi connectivity index (χ1v) is 7.54. The van der Waals surface area contributed by atoms with Crippen LogP contribution in [0.15, 0.2) is 48.8 Å². The third-order valence-corrected chi connectivity index (χ3v) is 3.94. The Morgan fingerprint density at radius 3 is 2.64 bits per heavy atom. The van der Waals surface area contributed by atoms with Crippen LogP contribution in [0.1, 0.15) is 27.5 Å². The molecule has 1 aliphatic heterocycles. The summed E-state index contributed by atoms with van der Waals surface area (Å²) in [5, 5.41) is 2.53. The van der Waals surface area contributed by atoms with E-state index in [0.717, 1.165) is 11.0 Å². The Hall–Kier alpha value is -2.90. The van der Waals surface area contributed by atoms with E-state index in [-0.39, 0.29) is 24.2 Å². The van der Waals surface area contributed by atoms with Crippen molar-refractivity contribution >= 4 is 11.8 Å². The van der Waals surface area contributed by atoms with E-state index in [0.29, 0.717) is 0 Å². The van der Waals surface area contributed by atoms with E-state index >= 15 is 0 Å². The summed E-state index contributed by atoms with van der Waals surface area (Å²) < 4.78 is 40.0. The van der Waals surface area contributed by atoms with E-state index in [4.69, 9.17) is 0 Å². The Balaban J connectivity index is 2.06. The summed E-state index contributed by atoms with van der Waals surface area (Å²) in [6, 6.07) is 6.51. The smallest absolute Gasteiger partial charge is 0.352 e. The number of amides is 2. The fourth-order valence-corrected chi connectivity index (χ4v) is 2.84. The first kappa shape index (κ1) is 16.9. The average Bonchev–Trinajstić information content (AvgIpc) is 2.61. The second kappa shape index (κ2) is 6.54. The lowest BCUT2D eigenvalue weighted by molar-refractivity contribution is -0.139. The summed E-state index contributed by atoms with van der Waals surface area (Å²) in [6.07, 6.45) is -1.82. The van der Waals surface area contributed by atoms with Crippen molar-refractivity contribution in [1.29, 1.82) is 0 Å². The van der Waals surface area contributed by atoms with E-state index in [1.165, 1.54) is 36.7 Å². The number of hydrogen-bond acceptors (Lipinski definition) is 3. The highest BCUT2D eigenvalue weighted by molar-refractivity contribution is 5.98. The van der Waals surface area contributed by atoms with Crippen LogP contribution in [0.2, 0.25) is 0 Å². The van der Waals surface area contributed by atoms with Gasteiger partial charge in [0.05, 0.1) is 11.1 Å². The van der Waals surface area contributed by atoms with E-state index in [9.17, 15) is 22.8 Å². The maximum absolute atomic E-state index is 13.3. The van der Waals surface area contributed by atoms with Crippen LogP contribution in [-0.4, -0.2) is 34.8 Å². The largest absolute Gasteiger partial charge is 0.416 e. The first-order chi connectivity index (χ1) is 11.9. The fraction of sp³-hybridized carbons (Fsp3) is 0.235. The molecule has 3 rings (SSSR count). The number of pyridine rings is 1. The van der Waals surface area contributed by atoms with Crippen molar-refractivity contribution in [2.24, 2.45) is 0 Å². The highest BCUT2D eigenvalue weighted by Gasteiger charge is 2.41. The number of alkyl halides is 3. The molecule has 25 heavy (non-hydrogen) atoms. The molecule has 2 amide bonds. The molecule has 0 saturated carbocycles. The number of benzene rings is 1. The molecule has 1 N–H and O–H groups in total. The van der Waals surface area contributed by atoms with Crippen LogP contribution < -0.4 is 5.32 Å². The molecule has 1 aromatic heterocycles. The molecule has 1 aliphatic rings. The number of nitrogens with zero attached hydrogens (tertiary/aromatic N) is 2. The Morgan fingerprint density at radius 2 is 1.96 bits per heavy atom. The summed E-state index contributed by atoms with van der Waals surface area (Å²) in [5.74, 6) is -1.18. The van der Waals surface area contributed by atoms with Gasteiger partial charge in [0, 0.05) is 25.5 Å². The molecule has 0 spiro atoms. The highest BCUT2D eigenvalue weighted by Crippen LogP contribution is 2.37. The molecule has 1 aromatic carbocycles. The van der Waals surface area contributed by atoms with Crippen LogP contribution in [0.25, 0.3) is 0 Å². The quantitative estimate of drug-likeness (QED) is 0.906. The van der Waals surface area contributed by atoms with Crippen molar-refractivity contribution in [3.8, 4) is 0 Å². The Morgan fingerprint density at radius 1 is 1.20 bits per heavy atom. The predicted octanol–water partition coefficient (Wildman–Crippen LogP) is 2.41. The zero-order valence-corrected chi connectivity index (χ0v) is 13.0. The number of carbonyl (C=O) groups is 2. The highest BCUT2D eigenvalue weighted by atomic mass is 19.4. The topological polar surface area (TPSA) is 62.3 Å². The predicted molar refractivity (Wildman–Crippen MR) is 82.5 cm³/mol. The fourth-order valence-electron chi connectivity index (χ4n) is 2.84. The molecule has 1 fully saturated rings. The van der Waals surface area contributed by atoms with Crippen LogP contribution in [-0.2, 0) is 11.0 Å². The maximum Gasteiger partial charge on any atom is 0.416 e. The van der Waals surface area contributed by atoms with Crippen molar-refractivity contribution in [3.63, 3.8) is 0 Å². The van der Waals surface area contributed by atoms with Gasteiger partial charge in [-0.3, -0.25) is 14.6 Å². The minimum absolute atomic E-state index is 0.107. The van der Waals surface area contributed by atoms with E-state index < -0.39 is 29.6 Å². The number of halogens is 3. The van der Waals surface area contributed by atoms with Gasteiger partial charge in [-0.1, -0.05) is 18.2 Å². The van der Waals surface area contributed by atoms with Gasteiger partial charge in [-0.25, -0.2) is 0 Å². The second-order valence-corrected chi connectivity index (χ2v) is 5.52.